The summed E-state index contributed by atoms with van der Waals surface area (Å²) in [7, 11) is 2.29. The number of likely N-dealkylation sites (N-methyl/N-ethyl adjacent to an activating group) is 1. The molecular formula is C17H26N4. The van der Waals surface area contributed by atoms with Crippen molar-refractivity contribution in [3.63, 3.8) is 0 Å². The number of hydrogen-bond acceptors (Lipinski definition) is 4. The van der Waals surface area contributed by atoms with Gasteiger partial charge in [-0.3, -0.25) is 4.90 Å². The number of aryl methyl sites for hydroxylation is 2. The second kappa shape index (κ2) is 5.56. The van der Waals surface area contributed by atoms with Crippen LogP contribution < -0.4 is 4.90 Å². The number of hydrogen-bond donors (Lipinski definition) is 0. The average Bonchev–Trinajstić information content (AvgIpc) is 2.41. The third kappa shape index (κ3) is 2.66. The van der Waals surface area contributed by atoms with Crippen molar-refractivity contribution >= 4 is 5.82 Å². The Morgan fingerprint density at radius 3 is 2.71 bits per heavy atom. The lowest BCUT2D eigenvalue weighted by Gasteiger charge is -2.46. The predicted molar refractivity (Wildman–Crippen MR) is 84.6 cm³/mol. The van der Waals surface area contributed by atoms with Crippen LogP contribution in [0.15, 0.2) is 6.07 Å². The fourth-order valence-corrected chi connectivity index (χ4v) is 3.79. The lowest BCUT2D eigenvalue weighted by Crippen LogP contribution is -2.59. The standard InChI is InChI=1S/C17H26N4/c1-20(10-13-5-4-6-13)15-11-21(12-15)17-9-14-7-2-3-8-16(14)18-19-17/h9,13,15H,2-8,10-12H2,1H3. The van der Waals surface area contributed by atoms with E-state index in [1.165, 1.54) is 56.3 Å². The van der Waals surface area contributed by atoms with Gasteiger partial charge in [-0.15, -0.1) is 5.10 Å². The van der Waals surface area contributed by atoms with Gasteiger partial charge in [0, 0.05) is 25.7 Å². The van der Waals surface area contributed by atoms with Crippen molar-refractivity contribution in [3.05, 3.63) is 17.3 Å². The second-order valence-corrected chi connectivity index (χ2v) is 7.18. The van der Waals surface area contributed by atoms with Crippen LogP contribution in [0.4, 0.5) is 5.82 Å². The predicted octanol–water partition coefficient (Wildman–Crippen LogP) is 2.28. The highest BCUT2D eigenvalue weighted by atomic mass is 15.4. The Hall–Kier alpha value is -1.16. The van der Waals surface area contributed by atoms with Crippen LogP contribution in [-0.2, 0) is 12.8 Å². The summed E-state index contributed by atoms with van der Waals surface area (Å²) < 4.78 is 0. The third-order valence-corrected chi connectivity index (χ3v) is 5.64. The maximum Gasteiger partial charge on any atom is 0.151 e. The van der Waals surface area contributed by atoms with Crippen molar-refractivity contribution in [2.75, 3.05) is 31.6 Å². The molecule has 0 bridgehead atoms. The topological polar surface area (TPSA) is 32.3 Å². The molecular weight excluding hydrogens is 260 g/mol. The summed E-state index contributed by atoms with van der Waals surface area (Å²) in [5, 5.41) is 8.91. The molecule has 1 aromatic rings. The molecule has 21 heavy (non-hydrogen) atoms. The molecule has 2 fully saturated rings. The van der Waals surface area contributed by atoms with Crippen molar-refractivity contribution in [3.8, 4) is 0 Å². The van der Waals surface area contributed by atoms with Gasteiger partial charge in [0.15, 0.2) is 5.82 Å². The SMILES string of the molecule is CN(CC1CCC1)C1CN(c2cc3c(nn2)CCCC3)C1. The van der Waals surface area contributed by atoms with E-state index in [2.05, 4.69) is 33.1 Å². The van der Waals surface area contributed by atoms with Gasteiger partial charge in [-0.1, -0.05) is 6.42 Å². The number of anilines is 1. The Balaban J connectivity index is 1.34. The van der Waals surface area contributed by atoms with Gasteiger partial charge < -0.3 is 4.90 Å². The smallest absolute Gasteiger partial charge is 0.151 e. The first-order chi connectivity index (χ1) is 10.3. The number of aromatic nitrogens is 2. The van der Waals surface area contributed by atoms with E-state index >= 15 is 0 Å². The zero-order valence-electron chi connectivity index (χ0n) is 13.1. The van der Waals surface area contributed by atoms with Crippen LogP contribution >= 0.6 is 0 Å². The molecule has 2 heterocycles. The summed E-state index contributed by atoms with van der Waals surface area (Å²) in [6, 6.07) is 3.01. The van der Waals surface area contributed by atoms with Gasteiger partial charge in [0.2, 0.25) is 0 Å². The molecule has 4 rings (SSSR count). The Bertz CT molecular complexity index is 506. The Kier molecular flexibility index (Phi) is 3.57. The average molecular weight is 286 g/mol. The van der Waals surface area contributed by atoms with E-state index in [1.54, 1.807) is 0 Å². The number of fused-ring (bicyclic) bond motifs is 1. The summed E-state index contributed by atoms with van der Waals surface area (Å²) >= 11 is 0. The number of rotatable bonds is 4. The van der Waals surface area contributed by atoms with E-state index in [1.807, 2.05) is 0 Å². The van der Waals surface area contributed by atoms with Crippen LogP contribution in [0, 0.1) is 5.92 Å². The summed E-state index contributed by atoms with van der Waals surface area (Å²) in [4.78, 5) is 4.95. The molecule has 1 aliphatic heterocycles. The van der Waals surface area contributed by atoms with E-state index < -0.39 is 0 Å². The highest BCUT2D eigenvalue weighted by molar-refractivity contribution is 5.45. The minimum atomic E-state index is 0.712. The lowest BCUT2D eigenvalue weighted by atomic mass is 9.84. The number of nitrogens with zero attached hydrogens (tertiary/aromatic N) is 4. The molecule has 2 aliphatic carbocycles. The maximum atomic E-state index is 4.46. The zero-order valence-corrected chi connectivity index (χ0v) is 13.1. The lowest BCUT2D eigenvalue weighted by molar-refractivity contribution is 0.142. The van der Waals surface area contributed by atoms with Crippen LogP contribution in [0.2, 0.25) is 0 Å². The van der Waals surface area contributed by atoms with Gasteiger partial charge in [-0.2, -0.15) is 5.10 Å². The van der Waals surface area contributed by atoms with E-state index in [0.717, 1.165) is 31.2 Å². The minimum Gasteiger partial charge on any atom is -0.352 e. The fourth-order valence-electron chi connectivity index (χ4n) is 3.79. The quantitative estimate of drug-likeness (QED) is 0.850. The normalized spacial score (nSPS) is 22.9. The van der Waals surface area contributed by atoms with Crippen molar-refractivity contribution in [1.29, 1.82) is 0 Å². The van der Waals surface area contributed by atoms with Crippen LogP contribution in [0.1, 0.15) is 43.4 Å². The van der Waals surface area contributed by atoms with Gasteiger partial charge >= 0.3 is 0 Å². The molecule has 0 unspecified atom stereocenters. The summed E-state index contributed by atoms with van der Waals surface area (Å²) in [6.45, 7) is 3.53. The van der Waals surface area contributed by atoms with Crippen molar-refractivity contribution < 1.29 is 0 Å². The van der Waals surface area contributed by atoms with Gasteiger partial charge in [-0.25, -0.2) is 0 Å². The molecule has 0 N–H and O–H groups in total. The van der Waals surface area contributed by atoms with Gasteiger partial charge in [0.1, 0.15) is 0 Å². The molecule has 1 saturated heterocycles. The largest absolute Gasteiger partial charge is 0.352 e. The molecule has 114 valence electrons. The second-order valence-electron chi connectivity index (χ2n) is 7.18. The molecule has 0 aromatic carbocycles. The van der Waals surface area contributed by atoms with Crippen LogP contribution in [-0.4, -0.2) is 47.8 Å². The van der Waals surface area contributed by atoms with Crippen molar-refractivity contribution in [2.24, 2.45) is 5.92 Å². The third-order valence-electron chi connectivity index (χ3n) is 5.64. The fraction of sp³-hybridized carbons (Fsp3) is 0.765. The summed E-state index contributed by atoms with van der Waals surface area (Å²) in [5.41, 5.74) is 2.68. The Morgan fingerprint density at radius 1 is 1.14 bits per heavy atom. The molecule has 1 saturated carbocycles. The molecule has 4 nitrogen and oxygen atoms in total. The minimum absolute atomic E-state index is 0.712. The van der Waals surface area contributed by atoms with Crippen LogP contribution in [0.25, 0.3) is 0 Å². The first-order valence-electron chi connectivity index (χ1n) is 8.60. The van der Waals surface area contributed by atoms with Crippen LogP contribution in [0.5, 0.6) is 0 Å². The molecule has 3 aliphatic rings. The molecule has 0 radical (unpaired) electrons. The van der Waals surface area contributed by atoms with E-state index in [4.69, 9.17) is 0 Å². The van der Waals surface area contributed by atoms with Gasteiger partial charge in [-0.05, 0) is 63.1 Å². The van der Waals surface area contributed by atoms with Gasteiger partial charge in [0.05, 0.1) is 5.69 Å². The van der Waals surface area contributed by atoms with E-state index in [-0.39, 0.29) is 0 Å². The highest BCUT2D eigenvalue weighted by Gasteiger charge is 2.33. The molecule has 0 spiro atoms. The van der Waals surface area contributed by atoms with Crippen molar-refractivity contribution in [1.82, 2.24) is 15.1 Å². The molecule has 0 amide bonds. The monoisotopic (exact) mass is 286 g/mol. The summed E-state index contributed by atoms with van der Waals surface area (Å²) in [5.74, 6) is 2.07. The van der Waals surface area contributed by atoms with E-state index in [0.29, 0.717) is 6.04 Å². The summed E-state index contributed by atoms with van der Waals surface area (Å²) in [6.07, 6.45) is 9.23. The Labute approximate surface area is 127 Å². The van der Waals surface area contributed by atoms with E-state index in [9.17, 15) is 0 Å². The zero-order chi connectivity index (χ0) is 14.2. The first kappa shape index (κ1) is 13.5. The maximum absolute atomic E-state index is 4.46. The molecule has 0 atom stereocenters. The highest BCUT2D eigenvalue weighted by Crippen LogP contribution is 2.30. The molecule has 1 aromatic heterocycles. The Morgan fingerprint density at radius 2 is 1.95 bits per heavy atom. The van der Waals surface area contributed by atoms with Crippen LogP contribution in [0.3, 0.4) is 0 Å². The first-order valence-corrected chi connectivity index (χ1v) is 8.60. The molecule has 4 heteroatoms. The van der Waals surface area contributed by atoms with Gasteiger partial charge in [0.25, 0.3) is 0 Å². The van der Waals surface area contributed by atoms with Crippen molar-refractivity contribution in [2.45, 2.75) is 51.0 Å².